The molecule has 4 rings (SSSR count). The predicted molar refractivity (Wildman–Crippen MR) is 138 cm³/mol. The predicted octanol–water partition coefficient (Wildman–Crippen LogP) is 5.36. The number of hydrogen-bond acceptors (Lipinski definition) is 3. The lowest BCUT2D eigenvalue weighted by atomic mass is 10.0. The monoisotopic (exact) mass is 454 g/mol. The molecule has 1 amide bonds. The Morgan fingerprint density at radius 3 is 2.29 bits per heavy atom. The van der Waals surface area contributed by atoms with Crippen molar-refractivity contribution in [1.29, 1.82) is 0 Å². The van der Waals surface area contributed by atoms with Crippen LogP contribution < -0.4 is 15.6 Å². The van der Waals surface area contributed by atoms with E-state index >= 15 is 0 Å². The van der Waals surface area contributed by atoms with Crippen molar-refractivity contribution < 1.29 is 9.53 Å². The van der Waals surface area contributed by atoms with Crippen LogP contribution in [0, 0.1) is 20.8 Å². The summed E-state index contributed by atoms with van der Waals surface area (Å²) in [4.78, 5) is 26.6. The fraction of sp³-hybridized carbons (Fsp3) is 0.241. The highest BCUT2D eigenvalue weighted by molar-refractivity contribution is 5.93. The number of fused-ring (bicyclic) bond motifs is 1. The van der Waals surface area contributed by atoms with Gasteiger partial charge in [-0.25, -0.2) is 0 Å². The fourth-order valence-electron chi connectivity index (χ4n) is 4.50. The van der Waals surface area contributed by atoms with Crippen LogP contribution in [0.1, 0.15) is 27.8 Å². The van der Waals surface area contributed by atoms with Gasteiger partial charge in [-0.3, -0.25) is 14.2 Å². The number of benzene rings is 3. The summed E-state index contributed by atoms with van der Waals surface area (Å²) in [6.45, 7) is 5.92. The maximum atomic E-state index is 13.5. The van der Waals surface area contributed by atoms with Crippen LogP contribution in [0.2, 0.25) is 0 Å². The molecule has 174 valence electrons. The smallest absolute Gasteiger partial charge is 0.254 e. The molecule has 0 atom stereocenters. The van der Waals surface area contributed by atoms with Gasteiger partial charge in [-0.1, -0.05) is 48.0 Å². The summed E-state index contributed by atoms with van der Waals surface area (Å²) < 4.78 is 6.94. The molecule has 5 heteroatoms. The van der Waals surface area contributed by atoms with E-state index in [9.17, 15) is 9.59 Å². The van der Waals surface area contributed by atoms with Gasteiger partial charge in [-0.2, -0.15) is 0 Å². The Morgan fingerprint density at radius 2 is 1.62 bits per heavy atom. The second-order valence-electron chi connectivity index (χ2n) is 8.79. The molecule has 0 bridgehead atoms. The zero-order valence-corrected chi connectivity index (χ0v) is 20.1. The summed E-state index contributed by atoms with van der Waals surface area (Å²) in [6, 6.07) is 21.7. The second kappa shape index (κ2) is 9.96. The van der Waals surface area contributed by atoms with Crippen molar-refractivity contribution in [3.05, 3.63) is 105 Å². The van der Waals surface area contributed by atoms with Gasteiger partial charge in [0, 0.05) is 17.3 Å². The summed E-state index contributed by atoms with van der Waals surface area (Å²) in [5.41, 5.74) is 6.34. The highest BCUT2D eigenvalue weighted by Gasteiger charge is 2.15. The number of hydrogen-bond donors (Lipinski definition) is 1. The van der Waals surface area contributed by atoms with Crippen LogP contribution in [-0.2, 0) is 24.2 Å². The van der Waals surface area contributed by atoms with Crippen LogP contribution in [0.4, 0.5) is 5.69 Å². The van der Waals surface area contributed by atoms with Gasteiger partial charge in [0.25, 0.3) is 5.56 Å². The van der Waals surface area contributed by atoms with Gasteiger partial charge in [0.2, 0.25) is 5.91 Å². The largest absolute Gasteiger partial charge is 0.497 e. The maximum absolute atomic E-state index is 13.5. The van der Waals surface area contributed by atoms with Crippen molar-refractivity contribution in [2.24, 2.45) is 0 Å². The van der Waals surface area contributed by atoms with Gasteiger partial charge in [-0.15, -0.1) is 0 Å². The number of methoxy groups -OCH3 is 1. The van der Waals surface area contributed by atoms with Crippen molar-refractivity contribution in [2.45, 2.75) is 40.2 Å². The first-order valence-corrected chi connectivity index (χ1v) is 11.5. The number of pyridine rings is 1. The van der Waals surface area contributed by atoms with E-state index in [1.165, 1.54) is 5.56 Å². The summed E-state index contributed by atoms with van der Waals surface area (Å²) in [5.74, 6) is 0.407. The van der Waals surface area contributed by atoms with Crippen LogP contribution in [0.5, 0.6) is 5.75 Å². The van der Waals surface area contributed by atoms with Crippen molar-refractivity contribution in [1.82, 2.24) is 4.57 Å². The van der Waals surface area contributed by atoms with Crippen LogP contribution in [0.3, 0.4) is 0 Å². The first-order chi connectivity index (χ1) is 16.4. The number of carbonyl (C=O) groups is 1. The Bertz CT molecular complexity index is 1380. The van der Waals surface area contributed by atoms with Crippen molar-refractivity contribution in [3.8, 4) is 5.75 Å². The molecule has 0 unspecified atom stereocenters. The van der Waals surface area contributed by atoms with Gasteiger partial charge in [0.1, 0.15) is 12.3 Å². The maximum Gasteiger partial charge on any atom is 0.254 e. The number of aromatic nitrogens is 1. The van der Waals surface area contributed by atoms with Crippen molar-refractivity contribution >= 4 is 22.5 Å². The molecule has 1 aromatic heterocycles. The first kappa shape index (κ1) is 23.3. The fourth-order valence-corrected chi connectivity index (χ4v) is 4.50. The topological polar surface area (TPSA) is 60.3 Å². The zero-order chi connectivity index (χ0) is 24.2. The Labute approximate surface area is 200 Å². The van der Waals surface area contributed by atoms with E-state index < -0.39 is 0 Å². The third-order valence-corrected chi connectivity index (χ3v) is 6.15. The summed E-state index contributed by atoms with van der Waals surface area (Å²) in [6.07, 6.45) is 1.36. The minimum atomic E-state index is -0.235. The Balaban J connectivity index is 1.70. The SMILES string of the molecule is COc1ccc2cc(CCc3ccccc3)c(=O)n(CC(=O)Nc3c(C)cc(C)cc3C)c2c1. The number of carbonyl (C=O) groups excluding carboxylic acids is 1. The van der Waals surface area contributed by atoms with E-state index in [-0.39, 0.29) is 18.0 Å². The zero-order valence-electron chi connectivity index (χ0n) is 20.1. The molecule has 0 fully saturated rings. The average molecular weight is 455 g/mol. The highest BCUT2D eigenvalue weighted by Crippen LogP contribution is 2.23. The second-order valence-corrected chi connectivity index (χ2v) is 8.79. The lowest BCUT2D eigenvalue weighted by Crippen LogP contribution is -2.30. The number of amides is 1. The Kier molecular flexibility index (Phi) is 6.82. The first-order valence-electron chi connectivity index (χ1n) is 11.5. The third-order valence-electron chi connectivity index (χ3n) is 6.15. The van der Waals surface area contributed by atoms with Gasteiger partial charge in [-0.05, 0) is 73.9 Å². The minimum absolute atomic E-state index is 0.0750. The minimum Gasteiger partial charge on any atom is -0.497 e. The van der Waals surface area contributed by atoms with Gasteiger partial charge in [0.15, 0.2) is 0 Å². The molecule has 0 aliphatic rings. The van der Waals surface area contributed by atoms with E-state index in [0.29, 0.717) is 23.3 Å². The standard InChI is InChI=1S/C29H30N2O3/c1-19-14-20(2)28(21(3)15-19)30-27(32)18-31-26-17-25(34-4)13-12-23(26)16-24(29(31)33)11-10-22-8-6-5-7-9-22/h5-9,12-17H,10-11,18H2,1-4H3,(H,30,32). The highest BCUT2D eigenvalue weighted by atomic mass is 16.5. The van der Waals surface area contributed by atoms with Gasteiger partial charge in [0.05, 0.1) is 12.6 Å². The summed E-state index contributed by atoms with van der Waals surface area (Å²) in [7, 11) is 1.59. The molecule has 0 aliphatic heterocycles. The summed E-state index contributed by atoms with van der Waals surface area (Å²) >= 11 is 0. The quantitative estimate of drug-likeness (QED) is 0.409. The molecular weight excluding hydrogens is 424 g/mol. The number of aryl methyl sites for hydroxylation is 5. The Hall–Kier alpha value is -3.86. The molecule has 1 N–H and O–H groups in total. The van der Waals surface area contributed by atoms with Crippen molar-refractivity contribution in [2.75, 3.05) is 12.4 Å². The molecule has 1 heterocycles. The van der Waals surface area contributed by atoms with E-state index in [0.717, 1.165) is 34.2 Å². The van der Waals surface area contributed by atoms with Crippen molar-refractivity contribution in [3.63, 3.8) is 0 Å². The van der Waals surface area contributed by atoms with E-state index in [1.807, 2.05) is 75.4 Å². The van der Waals surface area contributed by atoms with Crippen LogP contribution in [0.25, 0.3) is 10.9 Å². The molecule has 0 spiro atoms. The number of nitrogens with one attached hydrogen (secondary N) is 1. The lowest BCUT2D eigenvalue weighted by Gasteiger charge is -2.16. The average Bonchev–Trinajstić information content (AvgIpc) is 2.82. The summed E-state index contributed by atoms with van der Waals surface area (Å²) in [5, 5.41) is 3.92. The molecule has 0 saturated heterocycles. The third kappa shape index (κ3) is 5.04. The number of rotatable bonds is 7. The molecule has 0 aliphatic carbocycles. The molecule has 5 nitrogen and oxygen atoms in total. The van der Waals surface area contributed by atoms with E-state index in [4.69, 9.17) is 4.74 Å². The van der Waals surface area contributed by atoms with Crippen LogP contribution >= 0.6 is 0 Å². The van der Waals surface area contributed by atoms with Gasteiger partial charge < -0.3 is 10.1 Å². The number of nitrogens with zero attached hydrogens (tertiary/aromatic N) is 1. The van der Waals surface area contributed by atoms with Crippen LogP contribution in [0.15, 0.2) is 71.5 Å². The molecular formula is C29H30N2O3. The normalized spacial score (nSPS) is 10.9. The molecule has 34 heavy (non-hydrogen) atoms. The van der Waals surface area contributed by atoms with Gasteiger partial charge >= 0.3 is 0 Å². The molecule has 3 aromatic carbocycles. The Morgan fingerprint density at radius 1 is 0.912 bits per heavy atom. The molecule has 4 aromatic rings. The number of ether oxygens (including phenoxy) is 1. The van der Waals surface area contributed by atoms with Crippen LogP contribution in [-0.4, -0.2) is 17.6 Å². The van der Waals surface area contributed by atoms with E-state index in [1.54, 1.807) is 11.7 Å². The molecule has 0 radical (unpaired) electrons. The molecule has 0 saturated carbocycles. The number of anilines is 1. The lowest BCUT2D eigenvalue weighted by molar-refractivity contribution is -0.116. The van der Waals surface area contributed by atoms with E-state index in [2.05, 4.69) is 17.4 Å².